The molecule has 0 amide bonds. The summed E-state index contributed by atoms with van der Waals surface area (Å²) >= 11 is 0. The van der Waals surface area contributed by atoms with E-state index >= 15 is 0 Å². The van der Waals surface area contributed by atoms with Gasteiger partial charge in [-0.15, -0.1) is 10.2 Å². The van der Waals surface area contributed by atoms with E-state index in [-0.39, 0.29) is 0 Å². The van der Waals surface area contributed by atoms with Gasteiger partial charge < -0.3 is 0 Å². The van der Waals surface area contributed by atoms with Gasteiger partial charge in [0.05, 0.1) is 0 Å². The molecular formula is C15H25NS. The van der Waals surface area contributed by atoms with E-state index in [2.05, 4.69) is 47.9 Å². The summed E-state index contributed by atoms with van der Waals surface area (Å²) in [5.74, 6) is 0.827. The summed E-state index contributed by atoms with van der Waals surface area (Å²) in [7, 11) is 1.13. The fourth-order valence-corrected chi connectivity index (χ4v) is 5.29. The molecule has 1 saturated carbocycles. The fourth-order valence-electron chi connectivity index (χ4n) is 2.81. The summed E-state index contributed by atoms with van der Waals surface area (Å²) in [6.45, 7) is 4.37. The quantitative estimate of drug-likeness (QED) is 0.756. The van der Waals surface area contributed by atoms with Crippen LogP contribution in [0, 0.1) is 5.92 Å². The Balaban J connectivity index is 2.16. The number of allylic oxidation sites excluding steroid dienone is 3. The molecule has 0 spiro atoms. The van der Waals surface area contributed by atoms with E-state index in [1.165, 1.54) is 37.7 Å². The molecule has 2 aliphatic rings. The normalized spacial score (nSPS) is 33.0. The fraction of sp³-hybridized carbons (Fsp3) is 0.600. The van der Waals surface area contributed by atoms with E-state index in [0.29, 0.717) is 0 Å². The minimum absolute atomic E-state index is 0.827. The van der Waals surface area contributed by atoms with E-state index in [0.717, 1.165) is 5.92 Å². The highest BCUT2D eigenvalue weighted by atomic mass is 32.3. The molecule has 1 atom stereocenters. The zero-order valence-corrected chi connectivity index (χ0v) is 12.1. The molecule has 1 N–H and O–H groups in total. The second kappa shape index (κ2) is 5.45. The van der Waals surface area contributed by atoms with Gasteiger partial charge in [0.25, 0.3) is 0 Å². The molecule has 1 aliphatic heterocycles. The van der Waals surface area contributed by atoms with Gasteiger partial charge in [-0.25, -0.2) is 0 Å². The molecule has 0 radical (unpaired) electrons. The molecule has 17 heavy (non-hydrogen) atoms. The van der Waals surface area contributed by atoms with Crippen LogP contribution in [0.3, 0.4) is 0 Å². The number of hydrogen-bond acceptors (Lipinski definition) is 1. The first-order valence-corrected chi connectivity index (χ1v) is 8.54. The summed E-state index contributed by atoms with van der Waals surface area (Å²) in [4.78, 5) is 0. The molecule has 0 aromatic heterocycles. The first kappa shape index (κ1) is 13.0. The van der Waals surface area contributed by atoms with E-state index in [4.69, 9.17) is 0 Å². The Morgan fingerprint density at radius 1 is 1.29 bits per heavy atom. The van der Waals surface area contributed by atoms with Gasteiger partial charge in [0.1, 0.15) is 0 Å². The molecule has 1 nitrogen and oxygen atoms in total. The van der Waals surface area contributed by atoms with Gasteiger partial charge in [0, 0.05) is 0 Å². The Morgan fingerprint density at radius 2 is 2.00 bits per heavy atom. The maximum Gasteiger partial charge on any atom is -0.00625 e. The van der Waals surface area contributed by atoms with Crippen LogP contribution in [0.4, 0.5) is 0 Å². The van der Waals surface area contributed by atoms with Crippen LogP contribution < -0.4 is 4.72 Å². The molecule has 2 rings (SSSR count). The summed E-state index contributed by atoms with van der Waals surface area (Å²) in [6.07, 6.45) is 9.43. The van der Waals surface area contributed by atoms with Gasteiger partial charge in [-0.05, 0) is 61.5 Å². The first-order chi connectivity index (χ1) is 8.15. The van der Waals surface area contributed by atoms with Crippen molar-refractivity contribution in [2.24, 2.45) is 5.92 Å². The van der Waals surface area contributed by atoms with Crippen LogP contribution in [0.25, 0.3) is 0 Å². The SMILES string of the molecule is CNS1(C=C(C)C)C=CC(C2CCCCC2)=C1. The Labute approximate surface area is 108 Å². The molecule has 2 heteroatoms. The van der Waals surface area contributed by atoms with Gasteiger partial charge in [-0.3, -0.25) is 4.72 Å². The van der Waals surface area contributed by atoms with Crippen LogP contribution >= 0.6 is 10.2 Å². The molecule has 0 aromatic rings. The Kier molecular flexibility index (Phi) is 4.16. The molecule has 96 valence electrons. The van der Waals surface area contributed by atoms with Crippen LogP contribution in [0.5, 0.6) is 0 Å². The second-order valence-electron chi connectivity index (χ2n) is 5.42. The minimum atomic E-state index is -0.952. The van der Waals surface area contributed by atoms with Crippen molar-refractivity contribution < 1.29 is 0 Å². The van der Waals surface area contributed by atoms with E-state index in [1.807, 2.05) is 0 Å². The lowest BCUT2D eigenvalue weighted by molar-refractivity contribution is 0.409. The lowest BCUT2D eigenvalue weighted by Crippen LogP contribution is -2.10. The number of nitrogens with one attached hydrogen (secondary N) is 1. The average molecular weight is 251 g/mol. The molecule has 0 aromatic carbocycles. The Morgan fingerprint density at radius 3 is 2.59 bits per heavy atom. The van der Waals surface area contributed by atoms with Gasteiger partial charge in [-0.1, -0.05) is 30.9 Å². The molecular weight excluding hydrogens is 226 g/mol. The van der Waals surface area contributed by atoms with Crippen LogP contribution in [-0.4, -0.2) is 7.05 Å². The predicted molar refractivity (Wildman–Crippen MR) is 79.9 cm³/mol. The standard InChI is InChI=1S/C15H25NS/c1-13(2)11-17(16-3)10-9-15(12-17)14-7-5-4-6-8-14/h9-12,14,16H,4-8H2,1-3H3. The Bertz CT molecular complexity index is 357. The lowest BCUT2D eigenvalue weighted by Gasteiger charge is -2.28. The molecule has 1 heterocycles. The zero-order valence-electron chi connectivity index (χ0n) is 11.3. The zero-order chi connectivity index (χ0) is 12.3. The second-order valence-corrected chi connectivity index (χ2v) is 8.09. The van der Waals surface area contributed by atoms with Gasteiger partial charge in [0.15, 0.2) is 0 Å². The molecule has 1 unspecified atom stereocenters. The van der Waals surface area contributed by atoms with Crippen LogP contribution in [0.1, 0.15) is 46.0 Å². The van der Waals surface area contributed by atoms with Crippen molar-refractivity contribution in [1.29, 1.82) is 0 Å². The van der Waals surface area contributed by atoms with Crippen molar-refractivity contribution in [3.63, 3.8) is 0 Å². The maximum absolute atomic E-state index is 3.52. The molecule has 1 fully saturated rings. The van der Waals surface area contributed by atoms with Gasteiger partial charge in [-0.2, -0.15) is 0 Å². The third-order valence-corrected chi connectivity index (χ3v) is 6.49. The van der Waals surface area contributed by atoms with Gasteiger partial charge in [0.2, 0.25) is 0 Å². The average Bonchev–Trinajstić information content (AvgIpc) is 2.74. The molecule has 0 saturated heterocycles. The van der Waals surface area contributed by atoms with Gasteiger partial charge >= 0.3 is 0 Å². The maximum atomic E-state index is 3.52. The van der Waals surface area contributed by atoms with Crippen molar-refractivity contribution in [1.82, 2.24) is 4.72 Å². The molecule has 0 bridgehead atoms. The van der Waals surface area contributed by atoms with E-state index in [1.54, 1.807) is 5.57 Å². The number of rotatable bonds is 3. The molecule has 1 aliphatic carbocycles. The monoisotopic (exact) mass is 251 g/mol. The smallest absolute Gasteiger partial charge is 0.00625 e. The Hall–Kier alpha value is -0.470. The third-order valence-electron chi connectivity index (χ3n) is 3.68. The minimum Gasteiger partial charge on any atom is -0.274 e. The highest BCUT2D eigenvalue weighted by Gasteiger charge is 2.24. The van der Waals surface area contributed by atoms with Crippen molar-refractivity contribution in [3.05, 3.63) is 33.4 Å². The highest BCUT2D eigenvalue weighted by Crippen LogP contribution is 2.55. The van der Waals surface area contributed by atoms with Crippen LogP contribution in [-0.2, 0) is 0 Å². The van der Waals surface area contributed by atoms with Crippen molar-refractivity contribution in [2.75, 3.05) is 7.05 Å². The van der Waals surface area contributed by atoms with E-state index in [9.17, 15) is 0 Å². The summed E-state index contributed by atoms with van der Waals surface area (Å²) in [5, 5.41) is 7.30. The predicted octanol–water partition coefficient (Wildman–Crippen LogP) is 4.84. The third kappa shape index (κ3) is 3.05. The van der Waals surface area contributed by atoms with Crippen LogP contribution in [0.2, 0.25) is 0 Å². The van der Waals surface area contributed by atoms with Crippen molar-refractivity contribution in [2.45, 2.75) is 46.0 Å². The summed E-state index contributed by atoms with van der Waals surface area (Å²) < 4.78 is 3.52. The summed E-state index contributed by atoms with van der Waals surface area (Å²) in [6, 6.07) is 0. The summed E-state index contributed by atoms with van der Waals surface area (Å²) in [5.41, 5.74) is 2.99. The van der Waals surface area contributed by atoms with Crippen molar-refractivity contribution in [3.8, 4) is 0 Å². The van der Waals surface area contributed by atoms with E-state index < -0.39 is 10.2 Å². The largest absolute Gasteiger partial charge is 0.274 e. The van der Waals surface area contributed by atoms with Crippen molar-refractivity contribution >= 4 is 10.2 Å². The topological polar surface area (TPSA) is 12.0 Å². The van der Waals surface area contributed by atoms with Crippen LogP contribution in [0.15, 0.2) is 33.4 Å². The number of hydrogen-bond donors (Lipinski definition) is 1. The first-order valence-electron chi connectivity index (χ1n) is 6.72. The lowest BCUT2D eigenvalue weighted by atomic mass is 9.84. The highest BCUT2D eigenvalue weighted by molar-refractivity contribution is 8.39.